The maximum absolute atomic E-state index is 12.5. The number of unbranched alkanes of at least 4 members (excludes halogenated alkanes) is 16. The molecule has 0 saturated heterocycles. The number of phosphoric acid groups is 1. The summed E-state index contributed by atoms with van der Waals surface area (Å²) in [7, 11) is -2.83. The van der Waals surface area contributed by atoms with Crippen LogP contribution < -0.4 is 5.32 Å². The van der Waals surface area contributed by atoms with E-state index in [4.69, 9.17) is 18.5 Å². The summed E-state index contributed by atoms with van der Waals surface area (Å²) in [6, 6.07) is 0. The highest BCUT2D eigenvalue weighted by Crippen LogP contribution is 2.44. The number of nitrogens with one attached hydrogen (secondary N) is 1. The van der Waals surface area contributed by atoms with E-state index in [0.717, 1.165) is 43.9 Å². The van der Waals surface area contributed by atoms with Crippen molar-refractivity contribution in [2.24, 2.45) is 11.8 Å². The van der Waals surface area contributed by atoms with E-state index in [-0.39, 0.29) is 19.4 Å². The first-order chi connectivity index (χ1) is 21.6. The van der Waals surface area contributed by atoms with Crippen molar-refractivity contribution in [3.05, 3.63) is 0 Å². The van der Waals surface area contributed by atoms with Gasteiger partial charge in [0.05, 0.1) is 6.61 Å². The molecule has 2 unspecified atom stereocenters. The van der Waals surface area contributed by atoms with Crippen LogP contribution in [0.4, 0.5) is 0 Å². The van der Waals surface area contributed by atoms with Gasteiger partial charge in [0.1, 0.15) is 0 Å². The van der Waals surface area contributed by atoms with E-state index in [1.807, 2.05) is 0 Å². The maximum Gasteiger partial charge on any atom is 0.475 e. The number of esters is 2. The minimum Gasteiger partial charge on any atom is -0.459 e. The third-order valence-corrected chi connectivity index (χ3v) is 8.84. The summed E-state index contributed by atoms with van der Waals surface area (Å²) in [6.45, 7) is 8.89. The Labute approximate surface area is 276 Å². The Bertz CT molecular complexity index is 749. The van der Waals surface area contributed by atoms with E-state index in [0.29, 0.717) is 19.4 Å². The Morgan fingerprint density at radius 1 is 0.644 bits per heavy atom. The van der Waals surface area contributed by atoms with E-state index in [1.54, 1.807) is 7.05 Å². The van der Waals surface area contributed by atoms with E-state index >= 15 is 0 Å². The predicted molar refractivity (Wildman–Crippen MR) is 183 cm³/mol. The number of ether oxygens (including phenoxy) is 2. The molecule has 0 amide bonds. The molecule has 0 heterocycles. The lowest BCUT2D eigenvalue weighted by molar-refractivity contribution is -0.180. The van der Waals surface area contributed by atoms with Crippen LogP contribution in [-0.4, -0.2) is 49.9 Å². The van der Waals surface area contributed by atoms with E-state index in [1.165, 1.54) is 83.5 Å². The summed E-state index contributed by atoms with van der Waals surface area (Å²) in [6.07, 6.45) is 22.0. The molecule has 2 atom stereocenters. The van der Waals surface area contributed by atoms with Crippen LogP contribution in [0.15, 0.2) is 0 Å². The fourth-order valence-corrected chi connectivity index (χ4v) is 5.87. The number of likely N-dealkylation sites (N-methyl/N-ethyl adjacent to an activating group) is 1. The summed E-state index contributed by atoms with van der Waals surface area (Å²) in [5.74, 6) is 0.564. The fraction of sp³-hybridized carbons (Fsp3) is 0.943. The minimum atomic E-state index is -4.51. The number of carbonyl (C=O) groups is 2. The average Bonchev–Trinajstić information content (AvgIpc) is 2.97. The second kappa shape index (κ2) is 30.4. The smallest absolute Gasteiger partial charge is 0.459 e. The number of carbonyl (C=O) groups excluding carboxylic acids is 2. The molecule has 10 heteroatoms. The summed E-state index contributed by atoms with van der Waals surface area (Å²) < 4.78 is 32.9. The van der Waals surface area contributed by atoms with Crippen LogP contribution in [0.25, 0.3) is 0 Å². The van der Waals surface area contributed by atoms with Crippen LogP contribution in [0.2, 0.25) is 0 Å². The first-order valence-electron chi connectivity index (χ1n) is 18.2. The van der Waals surface area contributed by atoms with Gasteiger partial charge in [0.25, 0.3) is 0 Å². The van der Waals surface area contributed by atoms with Gasteiger partial charge in [-0.15, -0.1) is 0 Å². The van der Waals surface area contributed by atoms with Crippen molar-refractivity contribution in [1.29, 1.82) is 0 Å². The Kier molecular flexibility index (Phi) is 29.7. The van der Waals surface area contributed by atoms with E-state index in [9.17, 15) is 19.0 Å². The zero-order valence-corrected chi connectivity index (χ0v) is 30.6. The molecule has 0 rings (SSSR count). The van der Waals surface area contributed by atoms with Gasteiger partial charge in [-0.2, -0.15) is 0 Å². The molecular weight excluding hydrogens is 593 g/mol. The number of phosphoric ester groups is 1. The summed E-state index contributed by atoms with van der Waals surface area (Å²) in [4.78, 5) is 34.8. The molecule has 9 nitrogen and oxygen atoms in total. The molecule has 0 aromatic rings. The molecule has 0 aliphatic carbocycles. The van der Waals surface area contributed by atoms with Crippen LogP contribution in [0.3, 0.4) is 0 Å². The largest absolute Gasteiger partial charge is 0.475 e. The summed E-state index contributed by atoms with van der Waals surface area (Å²) in [5.41, 5.74) is 0. The van der Waals surface area contributed by atoms with Crippen molar-refractivity contribution < 1.29 is 37.6 Å². The monoisotopic (exact) mass is 663 g/mol. The Hall–Kier alpha value is -0.990. The molecule has 0 fully saturated rings. The Morgan fingerprint density at radius 2 is 1.04 bits per heavy atom. The molecule has 0 aliphatic rings. The molecule has 45 heavy (non-hydrogen) atoms. The molecule has 0 spiro atoms. The third kappa shape index (κ3) is 32.7. The van der Waals surface area contributed by atoms with Gasteiger partial charge in [0, 0.05) is 19.4 Å². The quantitative estimate of drug-likeness (QED) is 0.0306. The highest BCUT2D eigenvalue weighted by Gasteiger charge is 2.30. The lowest BCUT2D eigenvalue weighted by atomic mass is 10.0. The van der Waals surface area contributed by atoms with Gasteiger partial charge in [0.15, 0.2) is 6.61 Å². The zero-order chi connectivity index (χ0) is 33.6. The molecule has 2 N–H and O–H groups in total. The van der Waals surface area contributed by atoms with Crippen LogP contribution in [0.1, 0.15) is 169 Å². The fourth-order valence-electron chi connectivity index (χ4n) is 5.09. The van der Waals surface area contributed by atoms with Crippen LogP contribution >= 0.6 is 7.82 Å². The number of rotatable bonds is 33. The molecule has 0 aromatic heterocycles. The highest BCUT2D eigenvalue weighted by molar-refractivity contribution is 7.47. The van der Waals surface area contributed by atoms with Crippen molar-refractivity contribution in [2.45, 2.75) is 175 Å². The molecule has 0 aromatic carbocycles. The van der Waals surface area contributed by atoms with Gasteiger partial charge in [-0.25, -0.2) is 9.09 Å². The normalized spacial score (nSPS) is 13.7. The second-order valence-electron chi connectivity index (χ2n) is 13.3. The predicted octanol–water partition coefficient (Wildman–Crippen LogP) is 9.65. The standard InChI is InChI=1S/C35H70NO8P/c1-31(2)24-20-16-12-8-6-10-14-18-22-26-33(37)41-30-35(44-45(39,40)42-29-28-36-5)43-34(38)27-23-19-15-11-7-9-13-17-21-25-32(3)4/h31-32,35-36H,6-30H2,1-5H3,(H,39,40). The molecule has 268 valence electrons. The van der Waals surface area contributed by atoms with E-state index in [2.05, 4.69) is 33.0 Å². The number of hydrogen-bond acceptors (Lipinski definition) is 8. The lowest BCUT2D eigenvalue weighted by Gasteiger charge is -2.21. The minimum absolute atomic E-state index is 0.0686. The van der Waals surface area contributed by atoms with Crippen molar-refractivity contribution in [3.63, 3.8) is 0 Å². The number of hydrogen-bond donors (Lipinski definition) is 2. The van der Waals surface area contributed by atoms with Gasteiger partial charge in [-0.1, -0.05) is 143 Å². The molecule has 0 aliphatic heterocycles. The molecule has 0 radical (unpaired) electrons. The molecular formula is C35H70NO8P. The Balaban J connectivity index is 4.27. The van der Waals surface area contributed by atoms with Gasteiger partial charge < -0.3 is 19.7 Å². The van der Waals surface area contributed by atoms with Gasteiger partial charge >= 0.3 is 19.8 Å². The van der Waals surface area contributed by atoms with Crippen LogP contribution in [0, 0.1) is 11.8 Å². The SMILES string of the molecule is CNCCOP(=O)(O)OC(COC(=O)CCCCCCCCCCCC(C)C)OC(=O)CCCCCCCCCCCC(C)C. The lowest BCUT2D eigenvalue weighted by Crippen LogP contribution is -2.28. The maximum atomic E-state index is 12.5. The Morgan fingerprint density at radius 3 is 1.47 bits per heavy atom. The van der Waals surface area contributed by atoms with Gasteiger partial charge in [0.2, 0.25) is 6.29 Å². The average molecular weight is 664 g/mol. The topological polar surface area (TPSA) is 120 Å². The van der Waals surface area contributed by atoms with Crippen molar-refractivity contribution in [3.8, 4) is 0 Å². The third-order valence-electron chi connectivity index (χ3n) is 7.83. The first-order valence-corrected chi connectivity index (χ1v) is 19.7. The molecule has 0 saturated carbocycles. The highest BCUT2D eigenvalue weighted by atomic mass is 31.2. The van der Waals surface area contributed by atoms with Gasteiger partial charge in [-0.05, 0) is 31.7 Å². The van der Waals surface area contributed by atoms with Crippen molar-refractivity contribution >= 4 is 19.8 Å². The summed E-state index contributed by atoms with van der Waals surface area (Å²) in [5, 5.41) is 2.80. The van der Waals surface area contributed by atoms with Gasteiger partial charge in [-0.3, -0.25) is 14.1 Å². The summed E-state index contributed by atoms with van der Waals surface area (Å²) >= 11 is 0. The van der Waals surface area contributed by atoms with Crippen LogP contribution in [0.5, 0.6) is 0 Å². The second-order valence-corrected chi connectivity index (χ2v) is 14.7. The first kappa shape index (κ1) is 44.0. The van der Waals surface area contributed by atoms with Crippen molar-refractivity contribution in [1.82, 2.24) is 5.32 Å². The molecule has 0 bridgehead atoms. The van der Waals surface area contributed by atoms with Crippen molar-refractivity contribution in [2.75, 3.05) is 26.8 Å². The zero-order valence-electron chi connectivity index (χ0n) is 29.7. The van der Waals surface area contributed by atoms with Crippen LogP contribution in [-0.2, 0) is 32.7 Å². The van der Waals surface area contributed by atoms with E-state index < -0.39 is 32.7 Å².